The Morgan fingerprint density at radius 2 is 1.80 bits per heavy atom. The minimum atomic E-state index is -0.202. The fourth-order valence-electron chi connectivity index (χ4n) is 2.18. The molecule has 0 unspecified atom stereocenters. The van der Waals surface area contributed by atoms with Crippen LogP contribution in [0.25, 0.3) is 11.3 Å². The van der Waals surface area contributed by atoms with Crippen LogP contribution in [-0.4, -0.2) is 4.98 Å². The first-order chi connectivity index (χ1) is 9.57. The zero-order valence-corrected chi connectivity index (χ0v) is 12.7. The summed E-state index contributed by atoms with van der Waals surface area (Å²) in [4.78, 5) is 4.80. The Bertz CT molecular complexity index is 709. The van der Waals surface area contributed by atoms with Gasteiger partial charge in [-0.2, -0.15) is 0 Å². The van der Waals surface area contributed by atoms with Crippen molar-refractivity contribution < 1.29 is 4.42 Å². The van der Waals surface area contributed by atoms with Crippen LogP contribution >= 0.6 is 11.3 Å². The van der Waals surface area contributed by atoms with E-state index in [1.165, 1.54) is 0 Å². The number of aromatic nitrogens is 1. The lowest BCUT2D eigenvalue weighted by molar-refractivity contribution is 0.413. The highest BCUT2D eigenvalue weighted by Crippen LogP contribution is 2.36. The third-order valence-corrected chi connectivity index (χ3v) is 4.63. The van der Waals surface area contributed by atoms with Crippen LogP contribution in [0.4, 0.5) is 0 Å². The molecule has 0 radical (unpaired) electrons. The van der Waals surface area contributed by atoms with Crippen LogP contribution in [0.2, 0.25) is 0 Å². The van der Waals surface area contributed by atoms with E-state index in [0.29, 0.717) is 0 Å². The monoisotopic (exact) mass is 283 g/mol. The Labute approximate surface area is 123 Å². The average molecular weight is 283 g/mol. The molecule has 0 aliphatic carbocycles. The third kappa shape index (κ3) is 2.29. The highest BCUT2D eigenvalue weighted by molar-refractivity contribution is 7.10. The molecule has 0 aliphatic rings. The number of furan rings is 1. The maximum Gasteiger partial charge on any atom is 0.116 e. The van der Waals surface area contributed by atoms with E-state index in [1.54, 1.807) is 11.3 Å². The molecule has 0 fully saturated rings. The molecule has 2 heterocycles. The van der Waals surface area contributed by atoms with Crippen LogP contribution in [0, 0.1) is 6.92 Å². The first-order valence-electron chi connectivity index (χ1n) is 6.66. The molecule has 3 aromatic rings. The smallest absolute Gasteiger partial charge is 0.116 e. The summed E-state index contributed by atoms with van der Waals surface area (Å²) < 4.78 is 5.78. The molecule has 0 atom stereocenters. The lowest BCUT2D eigenvalue weighted by Crippen LogP contribution is -2.17. The summed E-state index contributed by atoms with van der Waals surface area (Å²) in [6.45, 7) is 6.27. The maximum absolute atomic E-state index is 5.78. The van der Waals surface area contributed by atoms with Gasteiger partial charge in [0.15, 0.2) is 0 Å². The molecule has 102 valence electrons. The Balaban J connectivity index is 1.97. The molecule has 3 heteroatoms. The molecule has 0 spiro atoms. The zero-order chi connectivity index (χ0) is 14.2. The fourth-order valence-corrected chi connectivity index (χ4v) is 3.14. The van der Waals surface area contributed by atoms with E-state index in [9.17, 15) is 0 Å². The summed E-state index contributed by atoms with van der Waals surface area (Å²) in [5.41, 5.74) is 1.98. The molecule has 1 aromatic carbocycles. The Hall–Kier alpha value is -1.87. The van der Waals surface area contributed by atoms with Gasteiger partial charge >= 0.3 is 0 Å². The molecule has 0 bridgehead atoms. The average Bonchev–Trinajstić information content (AvgIpc) is 3.09. The highest BCUT2D eigenvalue weighted by Gasteiger charge is 2.30. The van der Waals surface area contributed by atoms with E-state index >= 15 is 0 Å². The van der Waals surface area contributed by atoms with Gasteiger partial charge in [0.25, 0.3) is 0 Å². The van der Waals surface area contributed by atoms with Gasteiger partial charge in [0.2, 0.25) is 0 Å². The van der Waals surface area contributed by atoms with Crippen molar-refractivity contribution in [3.8, 4) is 11.3 Å². The second-order valence-corrected chi connectivity index (χ2v) is 6.30. The van der Waals surface area contributed by atoms with E-state index < -0.39 is 0 Å². The first-order valence-corrected chi connectivity index (χ1v) is 7.53. The molecule has 0 N–H and O–H groups in total. The normalized spacial score (nSPS) is 11.8. The molecule has 0 saturated heterocycles. The Kier molecular flexibility index (Phi) is 3.22. The van der Waals surface area contributed by atoms with Crippen LogP contribution in [0.3, 0.4) is 0 Å². The predicted molar refractivity (Wildman–Crippen MR) is 83.1 cm³/mol. The van der Waals surface area contributed by atoms with Gasteiger partial charge in [-0.15, -0.1) is 11.3 Å². The Morgan fingerprint density at radius 1 is 1.05 bits per heavy atom. The number of rotatable bonds is 3. The molecule has 2 aromatic heterocycles. The number of thiazole rings is 1. The summed E-state index contributed by atoms with van der Waals surface area (Å²) in [6.07, 6.45) is 0. The van der Waals surface area contributed by atoms with Crippen LogP contribution in [-0.2, 0) is 5.41 Å². The fraction of sp³-hybridized carbons (Fsp3) is 0.235. The summed E-state index contributed by atoms with van der Waals surface area (Å²) in [5.74, 6) is 1.90. The topological polar surface area (TPSA) is 26.0 Å². The minimum absolute atomic E-state index is 0.202. The third-order valence-electron chi connectivity index (χ3n) is 3.46. The van der Waals surface area contributed by atoms with Gasteiger partial charge in [-0.3, -0.25) is 0 Å². The van der Waals surface area contributed by atoms with Crippen molar-refractivity contribution in [2.75, 3.05) is 0 Å². The van der Waals surface area contributed by atoms with Gasteiger partial charge in [-0.1, -0.05) is 30.3 Å². The largest absolute Gasteiger partial charge is 0.465 e. The van der Waals surface area contributed by atoms with Crippen molar-refractivity contribution in [2.45, 2.75) is 26.2 Å². The van der Waals surface area contributed by atoms with E-state index in [2.05, 4.69) is 31.4 Å². The zero-order valence-electron chi connectivity index (χ0n) is 11.9. The van der Waals surface area contributed by atoms with Crippen LogP contribution in [0.5, 0.6) is 0 Å². The molecular weight excluding hydrogens is 266 g/mol. The lowest BCUT2D eigenvalue weighted by atomic mass is 9.91. The van der Waals surface area contributed by atoms with Crippen molar-refractivity contribution in [3.63, 3.8) is 0 Å². The number of aryl methyl sites for hydroxylation is 1. The van der Waals surface area contributed by atoms with E-state index in [-0.39, 0.29) is 5.41 Å². The summed E-state index contributed by atoms with van der Waals surface area (Å²) in [7, 11) is 0. The summed E-state index contributed by atoms with van der Waals surface area (Å²) >= 11 is 1.68. The van der Waals surface area contributed by atoms with E-state index in [4.69, 9.17) is 9.40 Å². The highest BCUT2D eigenvalue weighted by atomic mass is 32.1. The Morgan fingerprint density at radius 3 is 2.45 bits per heavy atom. The van der Waals surface area contributed by atoms with Crippen LogP contribution in [0.1, 0.15) is 30.4 Å². The van der Waals surface area contributed by atoms with Gasteiger partial charge in [0.1, 0.15) is 16.5 Å². The maximum atomic E-state index is 5.78. The molecule has 0 aliphatic heterocycles. The number of nitrogens with zero attached hydrogens (tertiary/aromatic N) is 1. The molecule has 20 heavy (non-hydrogen) atoms. The van der Waals surface area contributed by atoms with Crippen LogP contribution in [0.15, 0.2) is 52.3 Å². The molecule has 0 saturated carbocycles. The lowest BCUT2D eigenvalue weighted by Gasteiger charge is -2.18. The molecular formula is C17H17NOS. The van der Waals surface area contributed by atoms with Gasteiger partial charge in [-0.05, 0) is 32.9 Å². The van der Waals surface area contributed by atoms with Gasteiger partial charge in [0, 0.05) is 10.9 Å². The van der Waals surface area contributed by atoms with Gasteiger partial charge < -0.3 is 4.42 Å². The summed E-state index contributed by atoms with van der Waals surface area (Å²) in [6, 6.07) is 14.3. The SMILES string of the molecule is Cc1ccc(C(C)(C)c2nc(-c3ccccc3)cs2)o1. The van der Waals surface area contributed by atoms with E-state index in [1.807, 2.05) is 37.3 Å². The van der Waals surface area contributed by atoms with E-state index in [0.717, 1.165) is 27.8 Å². The van der Waals surface area contributed by atoms with Crippen molar-refractivity contribution in [1.29, 1.82) is 0 Å². The summed E-state index contributed by atoms with van der Waals surface area (Å²) in [5, 5.41) is 3.19. The number of hydrogen-bond donors (Lipinski definition) is 0. The minimum Gasteiger partial charge on any atom is -0.465 e. The molecule has 2 nitrogen and oxygen atoms in total. The second-order valence-electron chi connectivity index (χ2n) is 5.44. The van der Waals surface area contributed by atoms with Crippen molar-refractivity contribution in [1.82, 2.24) is 4.98 Å². The standard InChI is InChI=1S/C17H17NOS/c1-12-9-10-15(19-12)17(2,3)16-18-14(11-20-16)13-7-5-4-6-8-13/h4-11H,1-3H3. The first kappa shape index (κ1) is 13.1. The predicted octanol–water partition coefficient (Wildman–Crippen LogP) is 5.04. The van der Waals surface area contributed by atoms with Crippen LogP contribution < -0.4 is 0 Å². The van der Waals surface area contributed by atoms with Crippen molar-refractivity contribution in [3.05, 3.63) is 64.4 Å². The quantitative estimate of drug-likeness (QED) is 0.673. The van der Waals surface area contributed by atoms with Gasteiger partial charge in [0.05, 0.1) is 11.1 Å². The van der Waals surface area contributed by atoms with Gasteiger partial charge in [-0.25, -0.2) is 4.98 Å². The molecule has 0 amide bonds. The number of hydrogen-bond acceptors (Lipinski definition) is 3. The molecule has 3 rings (SSSR count). The van der Waals surface area contributed by atoms with Crippen molar-refractivity contribution >= 4 is 11.3 Å². The second kappa shape index (κ2) is 4.91. The van der Waals surface area contributed by atoms with Crippen molar-refractivity contribution in [2.24, 2.45) is 0 Å². The number of benzene rings is 1.